The van der Waals surface area contributed by atoms with Gasteiger partial charge in [0.2, 0.25) is 0 Å². The zero-order valence-electron chi connectivity index (χ0n) is 12.5. The molecule has 0 fully saturated rings. The van der Waals surface area contributed by atoms with Crippen molar-refractivity contribution in [3.05, 3.63) is 86.0 Å². The van der Waals surface area contributed by atoms with Gasteiger partial charge in [-0.1, -0.05) is 23.7 Å². The number of H-pyrrole nitrogens is 2. The van der Waals surface area contributed by atoms with E-state index in [1.54, 1.807) is 24.3 Å². The maximum Gasteiger partial charge on any atom is 0.327 e. The van der Waals surface area contributed by atoms with E-state index in [1.165, 1.54) is 6.07 Å². The van der Waals surface area contributed by atoms with Crippen LogP contribution in [0.25, 0.3) is 0 Å². The molecule has 122 valence electrons. The second-order valence-corrected chi connectivity index (χ2v) is 5.51. The van der Waals surface area contributed by atoms with Gasteiger partial charge in [-0.05, 0) is 42.0 Å². The molecule has 1 aromatic heterocycles. The molecular formula is C17H14ClN3O3. The number of ether oxygens (including phenoxy) is 1. The number of halogens is 1. The molecule has 0 bridgehead atoms. The van der Waals surface area contributed by atoms with Crippen LogP contribution in [0, 0.1) is 0 Å². The molecule has 0 unspecified atom stereocenters. The smallest absolute Gasteiger partial charge is 0.327 e. The zero-order valence-corrected chi connectivity index (χ0v) is 13.3. The topological polar surface area (TPSA) is 87.0 Å². The highest BCUT2D eigenvalue weighted by Gasteiger charge is 2.00. The van der Waals surface area contributed by atoms with Crippen LogP contribution in [-0.4, -0.2) is 9.97 Å². The number of nitrogens with one attached hydrogen (secondary N) is 3. The van der Waals surface area contributed by atoms with Crippen LogP contribution in [0.3, 0.4) is 0 Å². The summed E-state index contributed by atoms with van der Waals surface area (Å²) in [6.45, 7) is 0.411. The van der Waals surface area contributed by atoms with Crippen LogP contribution in [-0.2, 0) is 6.61 Å². The van der Waals surface area contributed by atoms with E-state index in [4.69, 9.17) is 16.3 Å². The summed E-state index contributed by atoms with van der Waals surface area (Å²) in [4.78, 5) is 27.1. The lowest BCUT2D eigenvalue weighted by molar-refractivity contribution is 0.306. The molecule has 0 saturated carbocycles. The van der Waals surface area contributed by atoms with E-state index < -0.39 is 11.2 Å². The van der Waals surface area contributed by atoms with Gasteiger partial charge in [-0.3, -0.25) is 14.8 Å². The lowest BCUT2D eigenvalue weighted by atomic mass is 10.2. The molecule has 0 aliphatic rings. The standard InChI is InChI=1S/C17H14ClN3O3/c18-12-3-1-2-11(8-12)10-24-14-6-4-13(5-7-14)19-15-9-16(22)21-17(23)20-15/h1-9H,10H2,(H3,19,20,21,22,23). The Morgan fingerprint density at radius 1 is 1.00 bits per heavy atom. The average Bonchev–Trinajstić information content (AvgIpc) is 2.53. The molecule has 24 heavy (non-hydrogen) atoms. The first-order chi connectivity index (χ1) is 11.6. The molecule has 1 heterocycles. The monoisotopic (exact) mass is 343 g/mol. The highest BCUT2D eigenvalue weighted by molar-refractivity contribution is 6.30. The Kier molecular flexibility index (Phi) is 4.67. The largest absolute Gasteiger partial charge is 0.489 e. The summed E-state index contributed by atoms with van der Waals surface area (Å²) in [5, 5.41) is 3.61. The summed E-state index contributed by atoms with van der Waals surface area (Å²) in [5.74, 6) is 1.01. The van der Waals surface area contributed by atoms with E-state index >= 15 is 0 Å². The molecule has 0 radical (unpaired) electrons. The van der Waals surface area contributed by atoms with Gasteiger partial charge in [-0.25, -0.2) is 4.79 Å². The molecule has 0 amide bonds. The van der Waals surface area contributed by atoms with Crippen LogP contribution in [0.15, 0.2) is 64.2 Å². The van der Waals surface area contributed by atoms with Crippen LogP contribution in [0.4, 0.5) is 11.5 Å². The first-order valence-corrected chi connectivity index (χ1v) is 7.54. The van der Waals surface area contributed by atoms with Gasteiger partial charge in [0, 0.05) is 16.8 Å². The fourth-order valence-electron chi connectivity index (χ4n) is 2.12. The molecule has 6 nitrogen and oxygen atoms in total. The number of benzene rings is 2. The Labute approximate surface area is 142 Å². The Hall–Kier alpha value is -2.99. The molecule has 0 atom stereocenters. The molecule has 0 spiro atoms. The van der Waals surface area contributed by atoms with E-state index in [9.17, 15) is 9.59 Å². The minimum Gasteiger partial charge on any atom is -0.489 e. The zero-order chi connectivity index (χ0) is 16.9. The molecular weight excluding hydrogens is 330 g/mol. The van der Waals surface area contributed by atoms with Crippen LogP contribution in [0.1, 0.15) is 5.56 Å². The quantitative estimate of drug-likeness (QED) is 0.664. The van der Waals surface area contributed by atoms with Crippen molar-refractivity contribution < 1.29 is 4.74 Å². The predicted molar refractivity (Wildman–Crippen MR) is 93.2 cm³/mol. The predicted octanol–water partition coefficient (Wildman–Crippen LogP) is 3.04. The lowest BCUT2D eigenvalue weighted by Gasteiger charge is -2.09. The number of aromatic nitrogens is 2. The summed E-state index contributed by atoms with van der Waals surface area (Å²) in [7, 11) is 0. The molecule has 0 aliphatic heterocycles. The first-order valence-electron chi connectivity index (χ1n) is 7.16. The third-order valence-electron chi connectivity index (χ3n) is 3.19. The lowest BCUT2D eigenvalue weighted by Crippen LogP contribution is -2.22. The van der Waals surface area contributed by atoms with Crippen molar-refractivity contribution in [3.8, 4) is 5.75 Å². The molecule has 3 N–H and O–H groups in total. The fraction of sp³-hybridized carbons (Fsp3) is 0.0588. The van der Waals surface area contributed by atoms with Crippen LogP contribution < -0.4 is 21.3 Å². The molecule has 0 saturated heterocycles. The highest BCUT2D eigenvalue weighted by atomic mass is 35.5. The fourth-order valence-corrected chi connectivity index (χ4v) is 2.33. The normalized spacial score (nSPS) is 10.4. The van der Waals surface area contributed by atoms with E-state index in [-0.39, 0.29) is 0 Å². The molecule has 2 aromatic carbocycles. The highest BCUT2D eigenvalue weighted by Crippen LogP contribution is 2.19. The number of hydrogen-bond donors (Lipinski definition) is 3. The third-order valence-corrected chi connectivity index (χ3v) is 3.42. The summed E-state index contributed by atoms with van der Waals surface area (Å²) in [6, 6.07) is 15.9. The minimum atomic E-state index is -0.563. The van der Waals surface area contributed by atoms with Crippen molar-refractivity contribution in [2.24, 2.45) is 0 Å². The van der Waals surface area contributed by atoms with Crippen molar-refractivity contribution in [3.63, 3.8) is 0 Å². The maximum absolute atomic E-state index is 11.3. The summed E-state index contributed by atoms with van der Waals surface area (Å²) >= 11 is 5.93. The summed E-state index contributed by atoms with van der Waals surface area (Å²) in [6.07, 6.45) is 0. The van der Waals surface area contributed by atoms with Gasteiger partial charge < -0.3 is 10.1 Å². The van der Waals surface area contributed by atoms with E-state index in [2.05, 4.69) is 15.3 Å². The van der Waals surface area contributed by atoms with Crippen molar-refractivity contribution >= 4 is 23.1 Å². The Balaban J connectivity index is 1.64. The van der Waals surface area contributed by atoms with E-state index in [0.717, 1.165) is 5.56 Å². The van der Waals surface area contributed by atoms with Gasteiger partial charge >= 0.3 is 5.69 Å². The maximum atomic E-state index is 11.3. The Morgan fingerprint density at radius 2 is 1.79 bits per heavy atom. The first kappa shape index (κ1) is 15.9. The Bertz CT molecular complexity index is 920. The van der Waals surface area contributed by atoms with Gasteiger partial charge in [-0.15, -0.1) is 0 Å². The molecule has 0 aliphatic carbocycles. The van der Waals surface area contributed by atoms with E-state index in [1.807, 2.05) is 24.3 Å². The third kappa shape index (κ3) is 4.27. The van der Waals surface area contributed by atoms with Crippen molar-refractivity contribution in [1.29, 1.82) is 0 Å². The van der Waals surface area contributed by atoms with Crippen LogP contribution >= 0.6 is 11.6 Å². The molecule has 3 rings (SSSR count). The van der Waals surface area contributed by atoms with Gasteiger partial charge in [0.15, 0.2) is 0 Å². The average molecular weight is 344 g/mol. The van der Waals surface area contributed by atoms with Crippen LogP contribution in [0.2, 0.25) is 5.02 Å². The summed E-state index contributed by atoms with van der Waals surface area (Å²) in [5.41, 5.74) is 0.659. The Morgan fingerprint density at radius 3 is 2.50 bits per heavy atom. The number of rotatable bonds is 5. The number of anilines is 2. The minimum absolute atomic E-state index is 0.316. The second kappa shape index (κ2) is 7.06. The number of aromatic amines is 2. The SMILES string of the molecule is O=c1cc(Nc2ccc(OCc3cccc(Cl)c3)cc2)[nH]c(=O)[nH]1. The van der Waals surface area contributed by atoms with Gasteiger partial charge in [0.1, 0.15) is 18.2 Å². The van der Waals surface area contributed by atoms with Gasteiger partial charge in [-0.2, -0.15) is 0 Å². The van der Waals surface area contributed by atoms with Crippen molar-refractivity contribution in [2.45, 2.75) is 6.61 Å². The second-order valence-electron chi connectivity index (χ2n) is 5.07. The van der Waals surface area contributed by atoms with Crippen molar-refractivity contribution in [2.75, 3.05) is 5.32 Å². The molecule has 7 heteroatoms. The van der Waals surface area contributed by atoms with Gasteiger partial charge in [0.05, 0.1) is 0 Å². The molecule has 3 aromatic rings. The van der Waals surface area contributed by atoms with Gasteiger partial charge in [0.25, 0.3) is 5.56 Å². The number of hydrogen-bond acceptors (Lipinski definition) is 4. The van der Waals surface area contributed by atoms with Crippen LogP contribution in [0.5, 0.6) is 5.75 Å². The summed E-state index contributed by atoms with van der Waals surface area (Å²) < 4.78 is 5.69. The van der Waals surface area contributed by atoms with Crippen molar-refractivity contribution in [1.82, 2.24) is 9.97 Å². The van der Waals surface area contributed by atoms with E-state index in [0.29, 0.717) is 28.9 Å².